The lowest BCUT2D eigenvalue weighted by molar-refractivity contribution is -0.119. The van der Waals surface area contributed by atoms with Crippen molar-refractivity contribution in [2.75, 3.05) is 18.1 Å². The van der Waals surface area contributed by atoms with Gasteiger partial charge in [0, 0.05) is 12.6 Å². The Labute approximate surface area is 112 Å². The summed E-state index contributed by atoms with van der Waals surface area (Å²) in [4.78, 5) is 22.3. The molecule has 2 amide bonds. The van der Waals surface area contributed by atoms with Crippen molar-refractivity contribution in [3.8, 4) is 0 Å². The van der Waals surface area contributed by atoms with Crippen molar-refractivity contribution in [1.82, 2.24) is 5.32 Å². The zero-order valence-corrected chi connectivity index (χ0v) is 11.5. The van der Waals surface area contributed by atoms with E-state index in [0.29, 0.717) is 12.5 Å². The largest absolute Gasteiger partial charge is 0.369 e. The van der Waals surface area contributed by atoms with Gasteiger partial charge in [-0.25, -0.2) is 0 Å². The van der Waals surface area contributed by atoms with Gasteiger partial charge >= 0.3 is 0 Å². The zero-order chi connectivity index (χ0) is 13.4. The van der Waals surface area contributed by atoms with E-state index in [2.05, 4.69) is 5.32 Å². The third-order valence-corrected chi connectivity index (χ3v) is 4.25. The van der Waals surface area contributed by atoms with Gasteiger partial charge in [-0.2, -0.15) is 0 Å². The topological polar surface area (TPSA) is 98.2 Å². The first-order valence-electron chi connectivity index (χ1n) is 6.49. The fourth-order valence-corrected chi connectivity index (χ4v) is 2.97. The first-order valence-corrected chi connectivity index (χ1v) is 7.64. The van der Waals surface area contributed by atoms with E-state index in [9.17, 15) is 9.59 Å². The van der Waals surface area contributed by atoms with Gasteiger partial charge in [-0.1, -0.05) is 19.3 Å². The maximum atomic E-state index is 11.7. The minimum atomic E-state index is -0.393. The first kappa shape index (κ1) is 15.3. The number of hydrogen-bond acceptors (Lipinski definition) is 4. The van der Waals surface area contributed by atoms with Crippen LogP contribution in [0.5, 0.6) is 0 Å². The van der Waals surface area contributed by atoms with Crippen LogP contribution in [0.3, 0.4) is 0 Å². The van der Waals surface area contributed by atoms with E-state index in [0.717, 1.165) is 12.8 Å². The predicted molar refractivity (Wildman–Crippen MR) is 74.1 cm³/mol. The summed E-state index contributed by atoms with van der Waals surface area (Å²) < 4.78 is 0. The predicted octanol–water partition coefficient (Wildman–Crippen LogP) is 0.229. The highest BCUT2D eigenvalue weighted by Gasteiger charge is 2.23. The summed E-state index contributed by atoms with van der Waals surface area (Å²) in [6.45, 7) is 0.483. The van der Waals surface area contributed by atoms with Gasteiger partial charge < -0.3 is 16.8 Å². The fraction of sp³-hybridized carbons (Fsp3) is 0.833. The molecule has 1 atom stereocenters. The molecule has 6 heteroatoms. The van der Waals surface area contributed by atoms with Gasteiger partial charge in [0.15, 0.2) is 0 Å². The number of carbonyl (C=O) groups excluding carboxylic acids is 2. The molecule has 1 fully saturated rings. The monoisotopic (exact) mass is 273 g/mol. The molecule has 0 radical (unpaired) electrons. The first-order chi connectivity index (χ1) is 8.63. The molecule has 1 aliphatic rings. The summed E-state index contributed by atoms with van der Waals surface area (Å²) in [5.74, 6) is 0.516. The van der Waals surface area contributed by atoms with E-state index < -0.39 is 5.91 Å². The number of nitrogens with two attached hydrogens (primary N) is 2. The number of primary amides is 1. The van der Waals surface area contributed by atoms with Crippen LogP contribution in [-0.4, -0.2) is 35.9 Å². The smallest absolute Gasteiger partial charge is 0.230 e. The summed E-state index contributed by atoms with van der Waals surface area (Å²) in [7, 11) is 0. The average Bonchev–Trinajstić information content (AvgIpc) is 2.36. The lowest BCUT2D eigenvalue weighted by atomic mass is 9.84. The molecular formula is C12H23N3O2S. The Morgan fingerprint density at radius 3 is 2.44 bits per heavy atom. The van der Waals surface area contributed by atoms with Crippen molar-refractivity contribution in [2.45, 2.75) is 38.1 Å². The average molecular weight is 273 g/mol. The Morgan fingerprint density at radius 2 is 1.89 bits per heavy atom. The SMILES string of the molecule is NCC(NC(=O)CSCC(N)=O)C1CCCCC1. The van der Waals surface area contributed by atoms with Crippen LogP contribution in [0, 0.1) is 5.92 Å². The van der Waals surface area contributed by atoms with Gasteiger partial charge in [-0.3, -0.25) is 9.59 Å². The van der Waals surface area contributed by atoms with Crippen molar-refractivity contribution in [3.63, 3.8) is 0 Å². The lowest BCUT2D eigenvalue weighted by Gasteiger charge is -2.30. The minimum absolute atomic E-state index is 0.0535. The highest BCUT2D eigenvalue weighted by molar-refractivity contribution is 8.00. The molecule has 0 heterocycles. The number of nitrogens with one attached hydrogen (secondary N) is 1. The van der Waals surface area contributed by atoms with Crippen LogP contribution in [0.4, 0.5) is 0 Å². The Kier molecular flexibility index (Phi) is 7.12. The summed E-state index contributed by atoms with van der Waals surface area (Å²) in [5.41, 5.74) is 10.7. The second-order valence-corrected chi connectivity index (χ2v) is 5.75. The molecule has 1 aliphatic carbocycles. The molecule has 0 saturated heterocycles. The van der Waals surface area contributed by atoms with Crippen molar-refractivity contribution in [3.05, 3.63) is 0 Å². The van der Waals surface area contributed by atoms with Crippen LogP contribution in [0.2, 0.25) is 0 Å². The van der Waals surface area contributed by atoms with Crippen LogP contribution in [0.1, 0.15) is 32.1 Å². The molecule has 1 unspecified atom stereocenters. The number of carbonyl (C=O) groups is 2. The van der Waals surface area contributed by atoms with E-state index in [-0.39, 0.29) is 23.5 Å². The maximum absolute atomic E-state index is 11.7. The highest BCUT2D eigenvalue weighted by Crippen LogP contribution is 2.26. The molecule has 1 saturated carbocycles. The second kappa shape index (κ2) is 8.37. The summed E-state index contributed by atoms with van der Waals surface area (Å²) >= 11 is 1.24. The number of thioether (sulfide) groups is 1. The maximum Gasteiger partial charge on any atom is 0.230 e. The summed E-state index contributed by atoms with van der Waals surface area (Å²) in [6, 6.07) is 0.0759. The molecule has 0 aromatic carbocycles. The van der Waals surface area contributed by atoms with Crippen LogP contribution in [0.15, 0.2) is 0 Å². The van der Waals surface area contributed by atoms with E-state index in [4.69, 9.17) is 11.5 Å². The Balaban J connectivity index is 2.28. The Hall–Kier alpha value is -0.750. The van der Waals surface area contributed by atoms with Gasteiger partial charge in [0.2, 0.25) is 11.8 Å². The Bertz CT molecular complexity index is 280. The standard InChI is InChI=1S/C12H23N3O2S/c13-6-10(9-4-2-1-3-5-9)15-12(17)8-18-7-11(14)16/h9-10H,1-8,13H2,(H2,14,16)(H,15,17). The van der Waals surface area contributed by atoms with Gasteiger partial charge in [-0.05, 0) is 18.8 Å². The summed E-state index contributed by atoms with van der Waals surface area (Å²) in [5, 5.41) is 2.97. The molecule has 104 valence electrons. The second-order valence-electron chi connectivity index (χ2n) is 4.77. The molecule has 18 heavy (non-hydrogen) atoms. The van der Waals surface area contributed by atoms with Crippen molar-refractivity contribution < 1.29 is 9.59 Å². The normalized spacial score (nSPS) is 18.3. The van der Waals surface area contributed by atoms with Crippen molar-refractivity contribution in [2.24, 2.45) is 17.4 Å². The van der Waals surface area contributed by atoms with Crippen LogP contribution in [-0.2, 0) is 9.59 Å². The van der Waals surface area contributed by atoms with Crippen LogP contribution >= 0.6 is 11.8 Å². The molecule has 0 aromatic heterocycles. The van der Waals surface area contributed by atoms with Gasteiger partial charge in [0.25, 0.3) is 0 Å². The van der Waals surface area contributed by atoms with Gasteiger partial charge in [0.1, 0.15) is 0 Å². The number of hydrogen-bond donors (Lipinski definition) is 3. The minimum Gasteiger partial charge on any atom is -0.369 e. The lowest BCUT2D eigenvalue weighted by Crippen LogP contribution is -2.46. The quantitative estimate of drug-likeness (QED) is 0.618. The number of amides is 2. The van der Waals surface area contributed by atoms with Crippen LogP contribution in [0.25, 0.3) is 0 Å². The van der Waals surface area contributed by atoms with E-state index in [1.165, 1.54) is 31.0 Å². The highest BCUT2D eigenvalue weighted by atomic mass is 32.2. The van der Waals surface area contributed by atoms with Gasteiger partial charge in [0.05, 0.1) is 11.5 Å². The molecule has 1 rings (SSSR count). The van der Waals surface area contributed by atoms with Gasteiger partial charge in [-0.15, -0.1) is 11.8 Å². The molecule has 5 N–H and O–H groups in total. The fourth-order valence-electron chi connectivity index (χ4n) is 2.40. The molecule has 5 nitrogen and oxygen atoms in total. The van der Waals surface area contributed by atoms with Crippen molar-refractivity contribution in [1.29, 1.82) is 0 Å². The third kappa shape index (κ3) is 5.73. The number of rotatable bonds is 7. The molecular weight excluding hydrogens is 250 g/mol. The Morgan fingerprint density at radius 1 is 1.22 bits per heavy atom. The molecule has 0 spiro atoms. The molecule has 0 aromatic rings. The molecule has 0 aliphatic heterocycles. The van der Waals surface area contributed by atoms with E-state index in [1.54, 1.807) is 0 Å². The van der Waals surface area contributed by atoms with Crippen molar-refractivity contribution >= 4 is 23.6 Å². The summed E-state index contributed by atoms with van der Waals surface area (Å²) in [6.07, 6.45) is 6.05. The van der Waals surface area contributed by atoms with Crippen LogP contribution < -0.4 is 16.8 Å². The molecule has 0 bridgehead atoms. The third-order valence-electron chi connectivity index (χ3n) is 3.30. The van der Waals surface area contributed by atoms with E-state index >= 15 is 0 Å². The van der Waals surface area contributed by atoms with E-state index in [1.807, 2.05) is 0 Å². The zero-order valence-electron chi connectivity index (χ0n) is 10.7.